The molecule has 114 valence electrons. The molecule has 1 aromatic carbocycles. The van der Waals surface area contributed by atoms with E-state index < -0.39 is 0 Å². The number of aromatic nitrogens is 2. The Kier molecular flexibility index (Phi) is 7.28. The normalized spacial score (nSPS) is 9.81. The zero-order chi connectivity index (χ0) is 15.8. The lowest BCUT2D eigenvalue weighted by molar-refractivity contribution is 0.304. The monoisotopic (exact) mass is 352 g/mol. The fourth-order valence-corrected chi connectivity index (χ4v) is 2.00. The van der Waals surface area contributed by atoms with E-state index in [1.165, 1.54) is 7.05 Å². The Morgan fingerprint density at radius 2 is 1.81 bits per heavy atom. The Labute approximate surface area is 134 Å². The summed E-state index contributed by atoms with van der Waals surface area (Å²) in [4.78, 5) is 10.9. The highest BCUT2D eigenvalue weighted by Gasteiger charge is 2.08. The lowest BCUT2D eigenvalue weighted by Gasteiger charge is -2.17. The molecule has 0 aliphatic carbocycles. The maximum Gasteiger partial charge on any atom is 0.161 e. The summed E-state index contributed by atoms with van der Waals surface area (Å²) in [6.45, 7) is 2.60. The van der Waals surface area contributed by atoms with E-state index in [1.54, 1.807) is 0 Å². The first kappa shape index (κ1) is 17.6. The maximum atomic E-state index is 8.99. The Hall–Kier alpha value is -1.50. The highest BCUT2D eigenvalue weighted by molar-refractivity contribution is 9.10. The molecule has 0 fully saturated rings. The summed E-state index contributed by atoms with van der Waals surface area (Å²) in [5, 5.41) is 8.99. The molecule has 21 heavy (non-hydrogen) atoms. The highest BCUT2D eigenvalue weighted by Crippen LogP contribution is 2.21. The van der Waals surface area contributed by atoms with E-state index in [0.717, 1.165) is 21.5 Å². The molecule has 0 aliphatic rings. The number of nitrogens with zero attached hydrogens (tertiary/aromatic N) is 3. The van der Waals surface area contributed by atoms with Crippen molar-refractivity contribution in [3.05, 3.63) is 40.5 Å². The van der Waals surface area contributed by atoms with Gasteiger partial charge in [-0.2, -0.15) is 0 Å². The molecule has 0 saturated heterocycles. The number of halogens is 1. The topological polar surface area (TPSA) is 75.3 Å². The summed E-state index contributed by atoms with van der Waals surface area (Å²) in [5.41, 5.74) is 6.39. The number of benzene rings is 1. The van der Waals surface area contributed by atoms with Crippen molar-refractivity contribution < 1.29 is 5.11 Å². The van der Waals surface area contributed by atoms with Crippen LogP contribution in [0.4, 0.5) is 5.82 Å². The molecule has 0 aliphatic heterocycles. The van der Waals surface area contributed by atoms with E-state index in [4.69, 9.17) is 5.11 Å². The number of nitrogens with two attached hydrogens (primary N) is 1. The molecule has 0 bridgehead atoms. The molecular formula is C15H21BrN4O. The van der Waals surface area contributed by atoms with Crippen LogP contribution >= 0.6 is 15.9 Å². The van der Waals surface area contributed by atoms with E-state index in [2.05, 4.69) is 31.6 Å². The molecular weight excluding hydrogens is 332 g/mol. The summed E-state index contributed by atoms with van der Waals surface area (Å²) >= 11 is 3.41. The van der Waals surface area contributed by atoms with E-state index >= 15 is 0 Å². The zero-order valence-electron chi connectivity index (χ0n) is 12.5. The molecule has 1 aromatic heterocycles. The van der Waals surface area contributed by atoms with Gasteiger partial charge in [0, 0.05) is 35.4 Å². The molecule has 0 radical (unpaired) electrons. The van der Waals surface area contributed by atoms with Crippen molar-refractivity contribution in [3.63, 3.8) is 0 Å². The number of likely N-dealkylation sites (N-methyl/N-ethyl adjacent to an activating group) is 1. The van der Waals surface area contributed by atoms with Crippen LogP contribution in [0.25, 0.3) is 11.4 Å². The van der Waals surface area contributed by atoms with Crippen molar-refractivity contribution >= 4 is 21.7 Å². The molecule has 0 amide bonds. The van der Waals surface area contributed by atoms with Crippen LogP contribution in [0.2, 0.25) is 0 Å². The third kappa shape index (κ3) is 5.08. The lowest BCUT2D eigenvalue weighted by Crippen LogP contribution is -2.22. The van der Waals surface area contributed by atoms with Crippen LogP contribution in [0.5, 0.6) is 0 Å². The fraction of sp³-hybridized carbons (Fsp3) is 0.333. The number of hydrogen-bond acceptors (Lipinski definition) is 5. The molecule has 6 heteroatoms. The first-order chi connectivity index (χ1) is 10.1. The van der Waals surface area contributed by atoms with Gasteiger partial charge in [0.1, 0.15) is 5.82 Å². The van der Waals surface area contributed by atoms with Gasteiger partial charge in [-0.3, -0.25) is 0 Å². The van der Waals surface area contributed by atoms with Crippen LogP contribution in [0.3, 0.4) is 0 Å². The highest BCUT2D eigenvalue weighted by atomic mass is 79.9. The summed E-state index contributed by atoms with van der Waals surface area (Å²) < 4.78 is 1.03. The quantitative estimate of drug-likeness (QED) is 0.882. The minimum Gasteiger partial charge on any atom is -0.395 e. The second-order valence-electron chi connectivity index (χ2n) is 4.34. The van der Waals surface area contributed by atoms with Crippen LogP contribution in [-0.4, -0.2) is 42.3 Å². The van der Waals surface area contributed by atoms with Crippen LogP contribution < -0.4 is 10.6 Å². The molecule has 3 N–H and O–H groups in total. The first-order valence-electron chi connectivity index (χ1n) is 6.61. The smallest absolute Gasteiger partial charge is 0.161 e. The van der Waals surface area contributed by atoms with Crippen molar-refractivity contribution in [1.82, 2.24) is 9.97 Å². The Morgan fingerprint density at radius 1 is 1.19 bits per heavy atom. The maximum absolute atomic E-state index is 8.99. The van der Waals surface area contributed by atoms with Gasteiger partial charge < -0.3 is 15.7 Å². The zero-order valence-corrected chi connectivity index (χ0v) is 14.1. The number of aryl methyl sites for hydroxylation is 1. The van der Waals surface area contributed by atoms with Gasteiger partial charge in [-0.05, 0) is 26.1 Å². The molecule has 0 spiro atoms. The minimum absolute atomic E-state index is 0.104. The van der Waals surface area contributed by atoms with Crippen molar-refractivity contribution in [2.24, 2.45) is 5.73 Å². The van der Waals surface area contributed by atoms with Gasteiger partial charge in [0.25, 0.3) is 0 Å². The molecule has 0 unspecified atom stereocenters. The van der Waals surface area contributed by atoms with E-state index in [1.807, 2.05) is 49.2 Å². The van der Waals surface area contributed by atoms with Crippen molar-refractivity contribution in [3.8, 4) is 11.4 Å². The summed E-state index contributed by atoms with van der Waals surface area (Å²) in [5.74, 6) is 1.52. The number of rotatable bonds is 4. The van der Waals surface area contributed by atoms with Crippen LogP contribution in [0.15, 0.2) is 34.8 Å². The largest absolute Gasteiger partial charge is 0.395 e. The summed E-state index contributed by atoms with van der Waals surface area (Å²) in [7, 11) is 3.41. The predicted octanol–water partition coefficient (Wildman–Crippen LogP) is 2.22. The Bertz CT molecular complexity index is 560. The SMILES string of the molecule is CN.Cc1cc(N(C)CCO)nc(-c2ccc(Br)cc2)n1. The second kappa shape index (κ2) is 8.71. The predicted molar refractivity (Wildman–Crippen MR) is 90.4 cm³/mol. The van der Waals surface area contributed by atoms with E-state index in [9.17, 15) is 0 Å². The Morgan fingerprint density at radius 3 is 2.38 bits per heavy atom. The van der Waals surface area contributed by atoms with Gasteiger partial charge in [-0.15, -0.1) is 0 Å². The van der Waals surface area contributed by atoms with Crippen molar-refractivity contribution in [1.29, 1.82) is 0 Å². The average molecular weight is 353 g/mol. The average Bonchev–Trinajstić information content (AvgIpc) is 2.49. The van der Waals surface area contributed by atoms with Gasteiger partial charge >= 0.3 is 0 Å². The molecule has 2 aromatic rings. The minimum atomic E-state index is 0.104. The summed E-state index contributed by atoms with van der Waals surface area (Å²) in [6, 6.07) is 9.82. The third-order valence-corrected chi connectivity index (χ3v) is 3.30. The van der Waals surface area contributed by atoms with Gasteiger partial charge in [0.2, 0.25) is 0 Å². The number of anilines is 1. The van der Waals surface area contributed by atoms with Crippen LogP contribution in [0.1, 0.15) is 5.69 Å². The van der Waals surface area contributed by atoms with Crippen molar-refractivity contribution in [2.75, 3.05) is 32.1 Å². The fourth-order valence-electron chi connectivity index (χ4n) is 1.74. The lowest BCUT2D eigenvalue weighted by atomic mass is 10.2. The molecule has 1 heterocycles. The van der Waals surface area contributed by atoms with Gasteiger partial charge in [-0.25, -0.2) is 9.97 Å². The number of aliphatic hydroxyl groups is 1. The van der Waals surface area contributed by atoms with Crippen LogP contribution in [-0.2, 0) is 0 Å². The molecule has 5 nitrogen and oxygen atoms in total. The first-order valence-corrected chi connectivity index (χ1v) is 7.41. The van der Waals surface area contributed by atoms with Crippen LogP contribution in [0, 0.1) is 6.92 Å². The second-order valence-corrected chi connectivity index (χ2v) is 5.26. The molecule has 2 rings (SSSR count). The standard InChI is InChI=1S/C14H16BrN3O.CH5N/c1-10-9-13(18(2)7-8-19)17-14(16-10)11-3-5-12(15)6-4-11;1-2/h3-6,9,19H,7-8H2,1-2H3;2H2,1H3. The Balaban J connectivity index is 0.00000106. The molecule has 0 saturated carbocycles. The molecule has 0 atom stereocenters. The number of hydrogen-bond donors (Lipinski definition) is 2. The van der Waals surface area contributed by atoms with Gasteiger partial charge in [0.05, 0.1) is 6.61 Å². The third-order valence-electron chi connectivity index (χ3n) is 2.77. The van der Waals surface area contributed by atoms with E-state index in [0.29, 0.717) is 12.4 Å². The summed E-state index contributed by atoms with van der Waals surface area (Å²) in [6.07, 6.45) is 0. The van der Waals surface area contributed by atoms with Crippen molar-refractivity contribution in [2.45, 2.75) is 6.92 Å². The van der Waals surface area contributed by atoms with Gasteiger partial charge in [0.15, 0.2) is 5.82 Å². The van der Waals surface area contributed by atoms with E-state index in [-0.39, 0.29) is 6.61 Å². The van der Waals surface area contributed by atoms with Gasteiger partial charge in [-0.1, -0.05) is 28.1 Å². The number of aliphatic hydroxyl groups excluding tert-OH is 1.